The van der Waals surface area contributed by atoms with Gasteiger partial charge in [-0.2, -0.15) is 0 Å². The van der Waals surface area contributed by atoms with E-state index in [1.54, 1.807) is 0 Å². The highest BCUT2D eigenvalue weighted by Gasteiger charge is 2.34. The summed E-state index contributed by atoms with van der Waals surface area (Å²) < 4.78 is 5.77. The van der Waals surface area contributed by atoms with Crippen molar-refractivity contribution in [3.63, 3.8) is 0 Å². The van der Waals surface area contributed by atoms with Gasteiger partial charge in [-0.15, -0.1) is 0 Å². The summed E-state index contributed by atoms with van der Waals surface area (Å²) in [4.78, 5) is 24.7. The lowest BCUT2D eigenvalue weighted by atomic mass is 9.85. The fraction of sp³-hybridized carbons (Fsp3) is 0.882. The molecule has 2 rings (SSSR count). The van der Waals surface area contributed by atoms with Crippen LogP contribution in [0.25, 0.3) is 0 Å². The summed E-state index contributed by atoms with van der Waals surface area (Å²) in [6.07, 6.45) is 6.57. The molecular formula is C17H30N2O4. The summed E-state index contributed by atoms with van der Waals surface area (Å²) in [6.45, 7) is 5.10. The molecule has 0 radical (unpaired) electrons. The van der Waals surface area contributed by atoms with E-state index >= 15 is 0 Å². The number of likely N-dealkylation sites (N-methyl/N-ethyl adjacent to an activating group) is 1. The Bertz CT molecular complexity index is 409. The van der Waals surface area contributed by atoms with E-state index < -0.39 is 5.97 Å². The largest absolute Gasteiger partial charge is 0.480 e. The maximum atomic E-state index is 12.0. The van der Waals surface area contributed by atoms with Crippen molar-refractivity contribution in [2.45, 2.75) is 70.6 Å². The molecule has 0 heterocycles. The maximum Gasteiger partial charge on any atom is 0.317 e. The van der Waals surface area contributed by atoms with Gasteiger partial charge >= 0.3 is 5.97 Å². The van der Waals surface area contributed by atoms with Crippen LogP contribution in [0.3, 0.4) is 0 Å². The zero-order valence-electron chi connectivity index (χ0n) is 14.3. The average Bonchev–Trinajstić information content (AvgIpc) is 2.47. The topological polar surface area (TPSA) is 78.9 Å². The van der Waals surface area contributed by atoms with Gasteiger partial charge in [-0.1, -0.05) is 26.7 Å². The Kier molecular flexibility index (Phi) is 6.84. The van der Waals surface area contributed by atoms with E-state index in [1.807, 2.05) is 11.8 Å². The van der Waals surface area contributed by atoms with Gasteiger partial charge in [0.15, 0.2) is 0 Å². The van der Waals surface area contributed by atoms with Gasteiger partial charge in [0, 0.05) is 12.1 Å². The van der Waals surface area contributed by atoms with Crippen LogP contribution in [0.4, 0.5) is 0 Å². The summed E-state index contributed by atoms with van der Waals surface area (Å²) in [6, 6.07) is 0.420. The predicted molar refractivity (Wildman–Crippen MR) is 87.2 cm³/mol. The molecule has 2 aliphatic rings. The van der Waals surface area contributed by atoms with Crippen molar-refractivity contribution in [1.29, 1.82) is 0 Å². The molecule has 0 saturated heterocycles. The second-order valence-corrected chi connectivity index (χ2v) is 6.96. The molecule has 0 aromatic heterocycles. The lowest BCUT2D eigenvalue weighted by Gasteiger charge is -2.42. The molecule has 2 unspecified atom stereocenters. The molecule has 0 aromatic carbocycles. The molecule has 0 aromatic rings. The maximum absolute atomic E-state index is 12.0. The highest BCUT2D eigenvalue weighted by molar-refractivity contribution is 5.77. The van der Waals surface area contributed by atoms with Gasteiger partial charge in [0.05, 0.1) is 12.6 Å². The minimum Gasteiger partial charge on any atom is -0.480 e. The second-order valence-electron chi connectivity index (χ2n) is 6.96. The standard InChI is InChI=1S/C17H30N2O4/c1-3-19(10-17(21)22)14-8-13(9-14)18-16(20)11-23-15-7-5-4-6-12(15)2/h12-15H,3-11H2,1-2H3,(H,18,20)(H,21,22). The molecule has 132 valence electrons. The molecular weight excluding hydrogens is 296 g/mol. The number of hydrogen-bond donors (Lipinski definition) is 2. The van der Waals surface area contributed by atoms with Crippen LogP contribution in [0.1, 0.15) is 52.4 Å². The van der Waals surface area contributed by atoms with E-state index in [4.69, 9.17) is 9.84 Å². The summed E-state index contributed by atoms with van der Waals surface area (Å²) in [5.41, 5.74) is 0. The van der Waals surface area contributed by atoms with Crippen molar-refractivity contribution >= 4 is 11.9 Å². The number of hydrogen-bond acceptors (Lipinski definition) is 4. The highest BCUT2D eigenvalue weighted by atomic mass is 16.5. The number of nitrogens with one attached hydrogen (secondary N) is 1. The lowest BCUT2D eigenvalue weighted by molar-refractivity contribution is -0.140. The molecule has 23 heavy (non-hydrogen) atoms. The monoisotopic (exact) mass is 326 g/mol. The Labute approximate surface area is 138 Å². The van der Waals surface area contributed by atoms with Crippen molar-refractivity contribution in [2.75, 3.05) is 19.7 Å². The fourth-order valence-corrected chi connectivity index (χ4v) is 3.66. The number of carboxylic acids is 1. The number of ether oxygens (including phenoxy) is 1. The normalized spacial score (nSPS) is 30.7. The number of aliphatic carboxylic acids is 1. The molecule has 2 atom stereocenters. The van der Waals surface area contributed by atoms with Crippen molar-refractivity contribution in [3.05, 3.63) is 0 Å². The zero-order chi connectivity index (χ0) is 16.8. The molecule has 2 fully saturated rings. The molecule has 2 aliphatic carbocycles. The zero-order valence-corrected chi connectivity index (χ0v) is 14.3. The smallest absolute Gasteiger partial charge is 0.317 e. The third kappa shape index (κ3) is 5.46. The Balaban J connectivity index is 1.63. The van der Waals surface area contributed by atoms with Crippen LogP contribution >= 0.6 is 0 Å². The number of carboxylic acid groups (broad SMARTS) is 1. The van der Waals surface area contributed by atoms with Gasteiger partial charge < -0.3 is 15.2 Å². The van der Waals surface area contributed by atoms with E-state index in [1.165, 1.54) is 19.3 Å². The number of carbonyl (C=O) groups excluding carboxylic acids is 1. The molecule has 1 amide bonds. The highest BCUT2D eigenvalue weighted by Crippen LogP contribution is 2.27. The number of rotatable bonds is 8. The van der Waals surface area contributed by atoms with Gasteiger partial charge in [-0.05, 0) is 38.1 Å². The fourth-order valence-electron chi connectivity index (χ4n) is 3.66. The van der Waals surface area contributed by atoms with Crippen molar-refractivity contribution in [3.8, 4) is 0 Å². The van der Waals surface area contributed by atoms with Crippen LogP contribution in [0.2, 0.25) is 0 Å². The molecule has 6 nitrogen and oxygen atoms in total. The number of amides is 1. The lowest BCUT2D eigenvalue weighted by Crippen LogP contribution is -2.55. The molecule has 0 bridgehead atoms. The minimum absolute atomic E-state index is 0.0486. The molecule has 0 aliphatic heterocycles. The van der Waals surface area contributed by atoms with Crippen molar-refractivity contribution < 1.29 is 19.4 Å². The number of nitrogens with zero attached hydrogens (tertiary/aromatic N) is 1. The third-order valence-corrected chi connectivity index (χ3v) is 5.20. The van der Waals surface area contributed by atoms with Crippen LogP contribution in [-0.4, -0.2) is 59.8 Å². The third-order valence-electron chi connectivity index (χ3n) is 5.20. The van der Waals surface area contributed by atoms with E-state index in [-0.39, 0.29) is 37.2 Å². The Hall–Kier alpha value is -1.14. The average molecular weight is 326 g/mol. The van der Waals surface area contributed by atoms with Gasteiger partial charge in [0.25, 0.3) is 0 Å². The molecule has 2 N–H and O–H groups in total. The molecule has 6 heteroatoms. The quantitative estimate of drug-likeness (QED) is 0.709. The van der Waals surface area contributed by atoms with E-state index in [9.17, 15) is 9.59 Å². The van der Waals surface area contributed by atoms with Crippen molar-refractivity contribution in [2.24, 2.45) is 5.92 Å². The van der Waals surface area contributed by atoms with Crippen LogP contribution in [0.15, 0.2) is 0 Å². The van der Waals surface area contributed by atoms with E-state index in [0.29, 0.717) is 5.92 Å². The molecule has 2 saturated carbocycles. The van der Waals surface area contributed by atoms with Crippen molar-refractivity contribution in [1.82, 2.24) is 10.2 Å². The van der Waals surface area contributed by atoms with Crippen LogP contribution in [0.5, 0.6) is 0 Å². The summed E-state index contributed by atoms with van der Waals surface area (Å²) in [5.74, 6) is -0.305. The summed E-state index contributed by atoms with van der Waals surface area (Å²) in [5, 5.41) is 11.9. The summed E-state index contributed by atoms with van der Waals surface area (Å²) >= 11 is 0. The SMILES string of the molecule is CCN(CC(=O)O)C1CC(NC(=O)COC2CCCCC2C)C1. The Morgan fingerprint density at radius 2 is 1.96 bits per heavy atom. The van der Waals surface area contributed by atoms with E-state index in [2.05, 4.69) is 12.2 Å². The molecule has 0 spiro atoms. The van der Waals surface area contributed by atoms with Gasteiger partial charge in [-0.25, -0.2) is 0 Å². The van der Waals surface area contributed by atoms with Gasteiger partial charge in [0.1, 0.15) is 6.61 Å². The Morgan fingerprint density at radius 3 is 2.57 bits per heavy atom. The first-order valence-electron chi connectivity index (χ1n) is 8.86. The summed E-state index contributed by atoms with van der Waals surface area (Å²) in [7, 11) is 0. The number of carbonyl (C=O) groups is 2. The van der Waals surface area contributed by atoms with E-state index in [0.717, 1.165) is 25.8 Å². The minimum atomic E-state index is -0.797. The van der Waals surface area contributed by atoms with Gasteiger partial charge in [-0.3, -0.25) is 14.5 Å². The first-order valence-corrected chi connectivity index (χ1v) is 8.86. The van der Waals surface area contributed by atoms with Crippen LogP contribution in [0, 0.1) is 5.92 Å². The van der Waals surface area contributed by atoms with Crippen LogP contribution in [-0.2, 0) is 14.3 Å². The first-order chi connectivity index (χ1) is 11.0. The van der Waals surface area contributed by atoms with Gasteiger partial charge in [0.2, 0.25) is 5.91 Å². The van der Waals surface area contributed by atoms with Crippen LogP contribution < -0.4 is 5.32 Å². The predicted octanol–water partition coefficient (Wildman–Crippen LogP) is 1.64. The Morgan fingerprint density at radius 1 is 1.26 bits per heavy atom. The second kappa shape index (κ2) is 8.64. The first kappa shape index (κ1) is 18.2.